The molecule has 0 aromatic carbocycles. The van der Waals surface area contributed by atoms with E-state index in [4.69, 9.17) is 5.21 Å². The molecule has 1 saturated heterocycles. The summed E-state index contributed by atoms with van der Waals surface area (Å²) in [6.45, 7) is 0.941. The molecule has 1 N–H and O–H groups in total. The molecule has 1 aliphatic carbocycles. The molecule has 2 rings (SSSR count). The first kappa shape index (κ1) is 12.8. The molecule has 0 bridgehead atoms. The third-order valence-electron chi connectivity index (χ3n) is 3.77. The summed E-state index contributed by atoms with van der Waals surface area (Å²) in [5, 5.41) is 11.6. The van der Waals surface area contributed by atoms with Gasteiger partial charge in [0.2, 0.25) is 10.0 Å². The van der Waals surface area contributed by atoms with E-state index in [2.05, 4.69) is 5.16 Å². The summed E-state index contributed by atoms with van der Waals surface area (Å²) in [6.07, 6.45) is 5.94. The molecule has 5 nitrogen and oxygen atoms in total. The van der Waals surface area contributed by atoms with E-state index < -0.39 is 10.0 Å². The number of sulfonamides is 1. The standard InChI is InChI=1S/C11H20N2O3S/c14-12-10-6-8-13(9-7-10)17(15,16)11-4-2-1-3-5-11/h11,14H,1-9H2. The molecule has 0 atom stereocenters. The number of piperidine rings is 1. The van der Waals surface area contributed by atoms with Crippen molar-refractivity contribution in [2.24, 2.45) is 5.16 Å². The second-order valence-corrected chi connectivity index (χ2v) is 7.08. The van der Waals surface area contributed by atoms with Crippen LogP contribution in [0, 0.1) is 0 Å². The van der Waals surface area contributed by atoms with Gasteiger partial charge >= 0.3 is 0 Å². The highest BCUT2D eigenvalue weighted by Crippen LogP contribution is 2.27. The minimum atomic E-state index is -3.12. The predicted molar refractivity (Wildman–Crippen MR) is 65.8 cm³/mol. The van der Waals surface area contributed by atoms with E-state index in [-0.39, 0.29) is 5.25 Å². The van der Waals surface area contributed by atoms with Gasteiger partial charge in [-0.1, -0.05) is 24.4 Å². The van der Waals surface area contributed by atoms with Gasteiger partial charge in [0.15, 0.2) is 0 Å². The number of oxime groups is 1. The van der Waals surface area contributed by atoms with Crippen molar-refractivity contribution in [2.45, 2.75) is 50.2 Å². The van der Waals surface area contributed by atoms with E-state index in [0.29, 0.717) is 31.6 Å². The summed E-state index contributed by atoms with van der Waals surface area (Å²) in [6, 6.07) is 0. The molecule has 0 aromatic rings. The molecule has 2 aliphatic rings. The lowest BCUT2D eigenvalue weighted by Gasteiger charge is -2.32. The molecule has 0 spiro atoms. The van der Waals surface area contributed by atoms with Crippen LogP contribution in [0.1, 0.15) is 44.9 Å². The lowest BCUT2D eigenvalue weighted by Crippen LogP contribution is -2.44. The third-order valence-corrected chi connectivity index (χ3v) is 6.17. The number of nitrogens with zero attached hydrogens (tertiary/aromatic N) is 2. The van der Waals surface area contributed by atoms with E-state index >= 15 is 0 Å². The van der Waals surface area contributed by atoms with Crippen molar-refractivity contribution in [3.63, 3.8) is 0 Å². The second-order valence-electron chi connectivity index (χ2n) is 4.87. The molecular formula is C11H20N2O3S. The Bertz CT molecular complexity index is 376. The number of hydrogen-bond acceptors (Lipinski definition) is 4. The normalized spacial score (nSPS) is 24.8. The minimum Gasteiger partial charge on any atom is -0.411 e. The molecule has 0 amide bonds. The van der Waals surface area contributed by atoms with Crippen LogP contribution in [0.3, 0.4) is 0 Å². The zero-order chi connectivity index (χ0) is 12.3. The van der Waals surface area contributed by atoms with Crippen LogP contribution in [-0.4, -0.2) is 42.0 Å². The third kappa shape index (κ3) is 2.80. The van der Waals surface area contributed by atoms with Crippen molar-refractivity contribution < 1.29 is 13.6 Å². The first-order chi connectivity index (χ1) is 8.14. The van der Waals surface area contributed by atoms with E-state index in [1.807, 2.05) is 0 Å². The highest BCUT2D eigenvalue weighted by Gasteiger charge is 2.34. The van der Waals surface area contributed by atoms with Gasteiger partial charge in [0, 0.05) is 25.9 Å². The van der Waals surface area contributed by atoms with Crippen LogP contribution in [0.5, 0.6) is 0 Å². The maximum Gasteiger partial charge on any atom is 0.217 e. The Hall–Kier alpha value is -0.620. The fraction of sp³-hybridized carbons (Fsp3) is 0.909. The topological polar surface area (TPSA) is 70.0 Å². The molecule has 1 aliphatic heterocycles. The molecule has 0 unspecified atom stereocenters. The SMILES string of the molecule is O=S(=O)(C1CCCCC1)N1CCC(=NO)CC1. The van der Waals surface area contributed by atoms with E-state index in [1.165, 1.54) is 0 Å². The zero-order valence-corrected chi connectivity index (χ0v) is 10.8. The van der Waals surface area contributed by atoms with Crippen LogP contribution < -0.4 is 0 Å². The average Bonchev–Trinajstić information content (AvgIpc) is 2.40. The molecule has 1 saturated carbocycles. The van der Waals surface area contributed by atoms with E-state index in [9.17, 15) is 8.42 Å². The van der Waals surface area contributed by atoms with Gasteiger partial charge in [0.1, 0.15) is 0 Å². The number of hydrogen-bond donors (Lipinski definition) is 1. The zero-order valence-electron chi connectivity index (χ0n) is 10.0. The first-order valence-electron chi connectivity index (χ1n) is 6.33. The highest BCUT2D eigenvalue weighted by atomic mass is 32.2. The Labute approximate surface area is 103 Å². The minimum absolute atomic E-state index is 0.177. The largest absolute Gasteiger partial charge is 0.411 e. The van der Waals surface area contributed by atoms with Crippen LogP contribution in [0.2, 0.25) is 0 Å². The predicted octanol–water partition coefficient (Wildman–Crippen LogP) is 1.57. The van der Waals surface area contributed by atoms with Gasteiger partial charge in [-0.05, 0) is 12.8 Å². The quantitative estimate of drug-likeness (QED) is 0.605. The summed E-state index contributed by atoms with van der Waals surface area (Å²) >= 11 is 0. The van der Waals surface area contributed by atoms with E-state index in [1.54, 1.807) is 4.31 Å². The van der Waals surface area contributed by atoms with Gasteiger partial charge in [0.25, 0.3) is 0 Å². The van der Waals surface area contributed by atoms with Gasteiger partial charge in [0.05, 0.1) is 11.0 Å². The van der Waals surface area contributed by atoms with Crippen molar-refractivity contribution in [1.29, 1.82) is 0 Å². The Balaban J connectivity index is 2.01. The molecule has 0 radical (unpaired) electrons. The second kappa shape index (κ2) is 5.35. The average molecular weight is 260 g/mol. The molecule has 98 valence electrons. The molecule has 6 heteroatoms. The lowest BCUT2D eigenvalue weighted by atomic mass is 10.0. The van der Waals surface area contributed by atoms with Crippen molar-refractivity contribution in [2.75, 3.05) is 13.1 Å². The fourth-order valence-corrected chi connectivity index (χ4v) is 4.71. The Morgan fingerprint density at radius 3 is 2.24 bits per heavy atom. The van der Waals surface area contributed by atoms with Gasteiger partial charge in [-0.2, -0.15) is 0 Å². The molecule has 17 heavy (non-hydrogen) atoms. The summed E-state index contributed by atoms with van der Waals surface area (Å²) in [4.78, 5) is 0. The lowest BCUT2D eigenvalue weighted by molar-refractivity contribution is 0.309. The van der Waals surface area contributed by atoms with Gasteiger partial charge in [-0.15, -0.1) is 0 Å². The molecule has 1 heterocycles. The van der Waals surface area contributed by atoms with Gasteiger partial charge in [-0.25, -0.2) is 12.7 Å². The number of rotatable bonds is 2. The summed E-state index contributed by atoms with van der Waals surface area (Å²) in [5.74, 6) is 0. The summed E-state index contributed by atoms with van der Waals surface area (Å²) in [5.41, 5.74) is 0.708. The summed E-state index contributed by atoms with van der Waals surface area (Å²) in [7, 11) is -3.12. The highest BCUT2D eigenvalue weighted by molar-refractivity contribution is 7.89. The van der Waals surface area contributed by atoms with Crippen molar-refractivity contribution in [3.05, 3.63) is 0 Å². The van der Waals surface area contributed by atoms with Crippen LogP contribution >= 0.6 is 0 Å². The Kier molecular flexibility index (Phi) is 4.04. The van der Waals surface area contributed by atoms with Crippen molar-refractivity contribution in [3.8, 4) is 0 Å². The van der Waals surface area contributed by atoms with Crippen LogP contribution in [-0.2, 0) is 10.0 Å². The van der Waals surface area contributed by atoms with Crippen LogP contribution in [0.25, 0.3) is 0 Å². The Morgan fingerprint density at radius 1 is 1.12 bits per heavy atom. The van der Waals surface area contributed by atoms with Crippen molar-refractivity contribution in [1.82, 2.24) is 4.31 Å². The van der Waals surface area contributed by atoms with Crippen LogP contribution in [0.15, 0.2) is 5.16 Å². The molecule has 0 aromatic heterocycles. The van der Waals surface area contributed by atoms with Crippen LogP contribution in [0.4, 0.5) is 0 Å². The fourth-order valence-electron chi connectivity index (χ4n) is 2.67. The molecular weight excluding hydrogens is 240 g/mol. The first-order valence-corrected chi connectivity index (χ1v) is 7.83. The van der Waals surface area contributed by atoms with Gasteiger partial charge < -0.3 is 5.21 Å². The molecule has 2 fully saturated rings. The Morgan fingerprint density at radius 2 is 1.71 bits per heavy atom. The smallest absolute Gasteiger partial charge is 0.217 e. The van der Waals surface area contributed by atoms with Crippen molar-refractivity contribution >= 4 is 15.7 Å². The monoisotopic (exact) mass is 260 g/mol. The van der Waals surface area contributed by atoms with E-state index in [0.717, 1.165) is 32.1 Å². The maximum atomic E-state index is 12.4. The van der Waals surface area contributed by atoms with Gasteiger partial charge in [-0.3, -0.25) is 0 Å². The maximum absolute atomic E-state index is 12.4. The summed E-state index contributed by atoms with van der Waals surface area (Å²) < 4.78 is 26.3.